The van der Waals surface area contributed by atoms with E-state index in [4.69, 9.17) is 22.1 Å². The Bertz CT molecular complexity index is 1380. The Morgan fingerprint density at radius 1 is 1.02 bits per heavy atom. The first-order valence-electron chi connectivity index (χ1n) is 16.5. The zero-order chi connectivity index (χ0) is 31.5. The molecule has 4 amide bonds. The van der Waals surface area contributed by atoms with Gasteiger partial charge in [0.1, 0.15) is 0 Å². The van der Waals surface area contributed by atoms with Gasteiger partial charge in [-0.05, 0) is 86.7 Å². The van der Waals surface area contributed by atoms with E-state index >= 15 is 0 Å². The van der Waals surface area contributed by atoms with Crippen molar-refractivity contribution in [2.24, 2.45) is 0 Å². The van der Waals surface area contributed by atoms with Crippen LogP contribution in [0.1, 0.15) is 67.9 Å². The molecule has 3 saturated heterocycles. The monoisotopic (exact) mass is 656 g/mol. The highest BCUT2D eigenvalue weighted by molar-refractivity contribution is 7.10. The molecule has 0 unspecified atom stereocenters. The fourth-order valence-corrected chi connectivity index (χ4v) is 8.41. The molecule has 0 spiro atoms. The number of carbonyl (C=O) groups is 3. The lowest BCUT2D eigenvalue weighted by Crippen LogP contribution is -2.53. The van der Waals surface area contributed by atoms with E-state index in [9.17, 15) is 14.4 Å². The van der Waals surface area contributed by atoms with Crippen molar-refractivity contribution in [2.75, 3.05) is 50.3 Å². The average molecular weight is 657 g/mol. The molecule has 0 radical (unpaired) electrons. The zero-order valence-electron chi connectivity index (χ0n) is 26.1. The first-order valence-corrected chi connectivity index (χ1v) is 17.8. The van der Waals surface area contributed by atoms with Crippen LogP contribution in [0.25, 0.3) is 0 Å². The van der Waals surface area contributed by atoms with Gasteiger partial charge in [-0.2, -0.15) is 0 Å². The van der Waals surface area contributed by atoms with Crippen LogP contribution < -0.4 is 11.1 Å². The Kier molecular flexibility index (Phi) is 10.1. The minimum Gasteiger partial charge on any atom is -0.436 e. The number of likely N-dealkylation sites (tertiary alicyclic amines) is 3. The normalized spacial score (nSPS) is 20.9. The van der Waals surface area contributed by atoms with Crippen molar-refractivity contribution in [3.63, 3.8) is 0 Å². The first-order chi connectivity index (χ1) is 21.8. The summed E-state index contributed by atoms with van der Waals surface area (Å²) in [7, 11) is 0. The number of carbonyl (C=O) groups excluding carboxylic acids is 3. The average Bonchev–Trinajstić information content (AvgIpc) is 3.53. The van der Waals surface area contributed by atoms with Gasteiger partial charge in [0, 0.05) is 49.6 Å². The number of fused-ring (bicyclic) bond motifs is 1. The van der Waals surface area contributed by atoms with Crippen molar-refractivity contribution < 1.29 is 19.1 Å². The number of nitrogens with two attached hydrogens (primary N) is 1. The Hall–Kier alpha value is -3.02. The maximum absolute atomic E-state index is 14.0. The van der Waals surface area contributed by atoms with Crippen LogP contribution in [-0.2, 0) is 28.9 Å². The quantitative estimate of drug-likeness (QED) is 0.377. The van der Waals surface area contributed by atoms with Crippen molar-refractivity contribution in [3.05, 3.63) is 44.6 Å². The maximum atomic E-state index is 14.0. The number of nitrogens with zero attached hydrogens (tertiary/aromatic N) is 4. The number of piperidine rings is 3. The number of nitrogens with one attached hydrogen (secondary N) is 1. The highest BCUT2D eigenvalue weighted by Crippen LogP contribution is 2.32. The molecule has 4 aliphatic heterocycles. The number of benzene rings is 1. The van der Waals surface area contributed by atoms with Crippen LogP contribution in [0.5, 0.6) is 0 Å². The van der Waals surface area contributed by atoms with Gasteiger partial charge in [-0.15, -0.1) is 11.3 Å². The summed E-state index contributed by atoms with van der Waals surface area (Å²) in [6.07, 6.45) is 6.46. The second-order valence-electron chi connectivity index (χ2n) is 12.8. The molecule has 0 bridgehead atoms. The number of amides is 4. The number of thiophene rings is 1. The molecule has 0 saturated carbocycles. The second kappa shape index (κ2) is 14.2. The summed E-state index contributed by atoms with van der Waals surface area (Å²) in [5.74, 6) is -0.155. The number of hydrogen-bond donors (Lipinski definition) is 2. The van der Waals surface area contributed by atoms with Crippen molar-refractivity contribution in [1.82, 2.24) is 19.6 Å². The molecule has 6 rings (SSSR count). The maximum Gasteiger partial charge on any atom is 0.410 e. The Morgan fingerprint density at radius 3 is 2.42 bits per heavy atom. The molecule has 4 aliphatic rings. The van der Waals surface area contributed by atoms with Gasteiger partial charge in [0.2, 0.25) is 0 Å². The molecule has 12 heteroatoms. The third-order valence-corrected chi connectivity index (χ3v) is 11.2. The number of anilines is 2. The summed E-state index contributed by atoms with van der Waals surface area (Å²) >= 11 is 8.10. The molecule has 5 heterocycles. The molecule has 1 aromatic carbocycles. The topological polar surface area (TPSA) is 111 Å². The lowest BCUT2D eigenvalue weighted by atomic mass is 9.98. The minimum atomic E-state index is -0.962. The molecular weight excluding hydrogens is 612 g/mol. The van der Waals surface area contributed by atoms with Crippen molar-refractivity contribution in [2.45, 2.75) is 89.4 Å². The molecule has 45 heavy (non-hydrogen) atoms. The predicted molar refractivity (Wildman–Crippen MR) is 178 cm³/mol. The van der Waals surface area contributed by atoms with Crippen LogP contribution in [0.3, 0.4) is 0 Å². The van der Waals surface area contributed by atoms with Crippen LogP contribution in [0, 0.1) is 0 Å². The van der Waals surface area contributed by atoms with E-state index in [1.165, 1.54) is 19.3 Å². The van der Waals surface area contributed by atoms with Gasteiger partial charge in [-0.3, -0.25) is 4.79 Å². The van der Waals surface area contributed by atoms with Gasteiger partial charge in [0.05, 0.1) is 22.9 Å². The fourth-order valence-electron chi connectivity index (χ4n) is 7.32. The smallest absolute Gasteiger partial charge is 0.410 e. The fraction of sp³-hybridized carbons (Fsp3) is 0.606. The van der Waals surface area contributed by atoms with Gasteiger partial charge in [-0.1, -0.05) is 31.0 Å². The number of urea groups is 1. The highest BCUT2D eigenvalue weighted by Gasteiger charge is 2.37. The number of ether oxygens (including phenoxy) is 1. The Labute approximate surface area is 274 Å². The molecule has 0 aliphatic carbocycles. The van der Waals surface area contributed by atoms with E-state index in [1.807, 2.05) is 34.2 Å². The van der Waals surface area contributed by atoms with Crippen LogP contribution in [0.4, 0.5) is 21.0 Å². The van der Waals surface area contributed by atoms with Crippen molar-refractivity contribution in [1.29, 1.82) is 0 Å². The first kappa shape index (κ1) is 31.9. The van der Waals surface area contributed by atoms with E-state index in [2.05, 4.69) is 10.2 Å². The molecule has 10 nitrogen and oxygen atoms in total. The summed E-state index contributed by atoms with van der Waals surface area (Å²) < 4.78 is 6.05. The molecule has 2 aromatic rings. The van der Waals surface area contributed by atoms with Gasteiger partial charge in [0.15, 0.2) is 6.10 Å². The SMILES string of the molecule is CCc1cc(C[C@@H](OC(=O)N2CCC(N3Cc4sccc4NC3=O)CC2)C(=O)N2CCC(N3CCCCC3)CC2)cc(Cl)c1N. The lowest BCUT2D eigenvalue weighted by Gasteiger charge is -2.41. The van der Waals surface area contributed by atoms with Crippen LogP contribution >= 0.6 is 22.9 Å². The van der Waals surface area contributed by atoms with E-state index in [1.54, 1.807) is 22.3 Å². The van der Waals surface area contributed by atoms with Crippen LogP contribution in [-0.4, -0.2) is 95.1 Å². The molecule has 1 atom stereocenters. The number of nitrogen functional groups attached to an aromatic ring is 1. The number of halogens is 1. The summed E-state index contributed by atoms with van der Waals surface area (Å²) in [5, 5.41) is 5.42. The molecule has 1 aromatic heterocycles. The van der Waals surface area contributed by atoms with Gasteiger partial charge >= 0.3 is 12.1 Å². The van der Waals surface area contributed by atoms with Gasteiger partial charge in [0.25, 0.3) is 5.91 Å². The molecule has 244 valence electrons. The number of rotatable bonds is 7. The summed E-state index contributed by atoms with van der Waals surface area (Å²) in [4.78, 5) is 49.5. The van der Waals surface area contributed by atoms with E-state index in [-0.39, 0.29) is 24.4 Å². The highest BCUT2D eigenvalue weighted by atomic mass is 35.5. The van der Waals surface area contributed by atoms with E-state index in [0.29, 0.717) is 68.7 Å². The van der Waals surface area contributed by atoms with E-state index < -0.39 is 12.2 Å². The minimum absolute atomic E-state index is 0.0345. The Morgan fingerprint density at radius 2 is 1.71 bits per heavy atom. The van der Waals surface area contributed by atoms with Gasteiger partial charge in [-0.25, -0.2) is 9.59 Å². The van der Waals surface area contributed by atoms with Crippen molar-refractivity contribution >= 4 is 52.3 Å². The number of hydrogen-bond acceptors (Lipinski definition) is 7. The summed E-state index contributed by atoms with van der Waals surface area (Å²) in [6, 6.07) is 6.13. The second-order valence-corrected chi connectivity index (χ2v) is 14.2. The molecule has 3 fully saturated rings. The molecule has 3 N–H and O–H groups in total. The lowest BCUT2D eigenvalue weighted by molar-refractivity contribution is -0.142. The standard InChI is InChI=1S/C33H45ClN6O4S/c1-2-23-18-22(19-26(34)30(23)35)20-28(31(41)38-13-6-24(7-14-38)37-11-4-3-5-12-37)44-33(43)39-15-8-25(9-16-39)40-21-29-27(10-17-45-29)36-32(40)42/h10,17-19,24-25,28H,2-9,11-16,20-21,35H2,1H3,(H,36,42)/t28-/m1/s1. The summed E-state index contributed by atoms with van der Waals surface area (Å²) in [5.41, 5.74) is 9.35. The zero-order valence-corrected chi connectivity index (χ0v) is 27.7. The van der Waals surface area contributed by atoms with Gasteiger partial charge < -0.3 is 35.4 Å². The Balaban J connectivity index is 1.10. The van der Waals surface area contributed by atoms with E-state index in [0.717, 1.165) is 47.6 Å². The molecular formula is C33H45ClN6O4S. The summed E-state index contributed by atoms with van der Waals surface area (Å²) in [6.45, 7) is 7.12. The largest absolute Gasteiger partial charge is 0.436 e. The number of aryl methyl sites for hydroxylation is 1. The van der Waals surface area contributed by atoms with Crippen molar-refractivity contribution in [3.8, 4) is 0 Å². The van der Waals surface area contributed by atoms with Crippen LogP contribution in [0.2, 0.25) is 5.02 Å². The third kappa shape index (κ3) is 7.20. The van der Waals surface area contributed by atoms with Crippen LogP contribution in [0.15, 0.2) is 23.6 Å². The third-order valence-electron chi connectivity index (χ3n) is 10.0. The predicted octanol–water partition coefficient (Wildman–Crippen LogP) is 5.58.